The number of nitrogens with one attached hydrogen (secondary N) is 1. The molecule has 7 heteroatoms. The highest BCUT2D eigenvalue weighted by Gasteiger charge is 2.22. The molecule has 0 aliphatic heterocycles. The SMILES string of the molecule is CCCC(=O)N(CC(=O)N(CCc1c[nH]c2ccccc12)Cc1ccc(N(C)C)cc1)Cc1ccco1. The fourth-order valence-corrected chi connectivity index (χ4v) is 4.46. The number of aromatic nitrogens is 1. The average Bonchev–Trinajstić information content (AvgIpc) is 3.56. The van der Waals surface area contributed by atoms with Gasteiger partial charge in [0.15, 0.2) is 0 Å². The Morgan fingerprint density at radius 2 is 1.68 bits per heavy atom. The quantitative estimate of drug-likeness (QED) is 0.289. The minimum Gasteiger partial charge on any atom is -0.467 e. The van der Waals surface area contributed by atoms with Crippen LogP contribution < -0.4 is 4.90 Å². The van der Waals surface area contributed by atoms with Gasteiger partial charge in [-0.25, -0.2) is 0 Å². The van der Waals surface area contributed by atoms with Crippen LogP contribution >= 0.6 is 0 Å². The summed E-state index contributed by atoms with van der Waals surface area (Å²) in [5.74, 6) is 0.550. The third-order valence-electron chi connectivity index (χ3n) is 6.57. The normalized spacial score (nSPS) is 11.0. The molecule has 7 nitrogen and oxygen atoms in total. The van der Waals surface area contributed by atoms with Crippen molar-refractivity contribution in [1.82, 2.24) is 14.8 Å². The molecule has 2 heterocycles. The van der Waals surface area contributed by atoms with E-state index in [0.717, 1.165) is 23.2 Å². The number of furan rings is 1. The number of nitrogens with zero attached hydrogens (tertiary/aromatic N) is 3. The van der Waals surface area contributed by atoms with Crippen molar-refractivity contribution in [2.45, 2.75) is 39.3 Å². The predicted molar refractivity (Wildman–Crippen MR) is 147 cm³/mol. The molecular weight excluding hydrogens is 464 g/mol. The van der Waals surface area contributed by atoms with Crippen molar-refractivity contribution in [1.29, 1.82) is 0 Å². The lowest BCUT2D eigenvalue weighted by atomic mass is 10.1. The first-order valence-corrected chi connectivity index (χ1v) is 12.8. The van der Waals surface area contributed by atoms with E-state index in [9.17, 15) is 9.59 Å². The van der Waals surface area contributed by atoms with Crippen molar-refractivity contribution in [3.05, 3.63) is 90.0 Å². The fraction of sp³-hybridized carbons (Fsp3) is 0.333. The molecular formula is C30H36N4O3. The molecule has 0 aliphatic carbocycles. The van der Waals surface area contributed by atoms with Gasteiger partial charge in [0, 0.05) is 56.4 Å². The minimum absolute atomic E-state index is 0.0171. The number of hydrogen-bond donors (Lipinski definition) is 1. The molecule has 2 aromatic heterocycles. The monoisotopic (exact) mass is 500 g/mol. The van der Waals surface area contributed by atoms with Crippen LogP contribution in [0.4, 0.5) is 5.69 Å². The van der Waals surface area contributed by atoms with Gasteiger partial charge in [-0.1, -0.05) is 37.3 Å². The van der Waals surface area contributed by atoms with Gasteiger partial charge in [-0.05, 0) is 54.3 Å². The number of fused-ring (bicyclic) bond motifs is 1. The maximum absolute atomic E-state index is 13.7. The highest BCUT2D eigenvalue weighted by atomic mass is 16.3. The predicted octanol–water partition coefficient (Wildman–Crippen LogP) is 5.23. The van der Waals surface area contributed by atoms with Crippen LogP contribution in [-0.2, 0) is 29.1 Å². The third-order valence-corrected chi connectivity index (χ3v) is 6.57. The van der Waals surface area contributed by atoms with E-state index in [1.54, 1.807) is 17.2 Å². The number of carbonyl (C=O) groups is 2. The van der Waals surface area contributed by atoms with Gasteiger partial charge < -0.3 is 24.1 Å². The maximum Gasteiger partial charge on any atom is 0.242 e. The number of rotatable bonds is 12. The zero-order chi connectivity index (χ0) is 26.2. The van der Waals surface area contributed by atoms with Gasteiger partial charge in [0.05, 0.1) is 12.8 Å². The molecule has 4 rings (SSSR count). The number of para-hydroxylation sites is 1. The number of benzene rings is 2. The third kappa shape index (κ3) is 6.82. The van der Waals surface area contributed by atoms with E-state index < -0.39 is 0 Å². The lowest BCUT2D eigenvalue weighted by molar-refractivity contribution is -0.141. The van der Waals surface area contributed by atoms with E-state index in [-0.39, 0.29) is 24.9 Å². The highest BCUT2D eigenvalue weighted by Crippen LogP contribution is 2.20. The van der Waals surface area contributed by atoms with E-state index in [2.05, 4.69) is 46.3 Å². The second kappa shape index (κ2) is 12.3. The van der Waals surface area contributed by atoms with E-state index in [0.29, 0.717) is 31.7 Å². The Hall–Kier alpha value is -4.00. The Morgan fingerprint density at radius 3 is 2.38 bits per heavy atom. The highest BCUT2D eigenvalue weighted by molar-refractivity contribution is 5.85. The van der Waals surface area contributed by atoms with E-state index in [1.807, 2.05) is 50.3 Å². The molecule has 2 amide bonds. The second-order valence-electron chi connectivity index (χ2n) is 9.56. The molecule has 1 N–H and O–H groups in total. The van der Waals surface area contributed by atoms with Gasteiger partial charge in [0.25, 0.3) is 0 Å². The van der Waals surface area contributed by atoms with Gasteiger partial charge >= 0.3 is 0 Å². The van der Waals surface area contributed by atoms with Crippen LogP contribution in [0.2, 0.25) is 0 Å². The number of aromatic amines is 1. The van der Waals surface area contributed by atoms with Gasteiger partial charge in [-0.15, -0.1) is 0 Å². The molecule has 0 saturated carbocycles. The summed E-state index contributed by atoms with van der Waals surface area (Å²) < 4.78 is 5.47. The van der Waals surface area contributed by atoms with Crippen LogP contribution in [0.3, 0.4) is 0 Å². The minimum atomic E-state index is -0.0764. The summed E-state index contributed by atoms with van der Waals surface area (Å²) in [6.07, 6.45) is 5.45. The van der Waals surface area contributed by atoms with Crippen molar-refractivity contribution >= 4 is 28.4 Å². The van der Waals surface area contributed by atoms with E-state index in [4.69, 9.17) is 4.42 Å². The van der Waals surface area contributed by atoms with Crippen LogP contribution in [-0.4, -0.2) is 53.8 Å². The van der Waals surface area contributed by atoms with Gasteiger partial charge in [0.2, 0.25) is 11.8 Å². The fourth-order valence-electron chi connectivity index (χ4n) is 4.46. The second-order valence-corrected chi connectivity index (χ2v) is 9.56. The standard InChI is InChI=1S/C30H36N4O3/c1-4-8-29(35)34(21-26-9-7-18-37-26)22-30(36)33(20-23-12-14-25(15-13-23)32(2)3)17-16-24-19-31-28-11-6-5-10-27(24)28/h5-7,9-15,18-19,31H,4,8,16-17,20-22H2,1-3H3. The molecule has 0 radical (unpaired) electrons. The molecule has 0 saturated heterocycles. The first-order chi connectivity index (χ1) is 17.9. The Kier molecular flexibility index (Phi) is 8.67. The summed E-state index contributed by atoms with van der Waals surface area (Å²) in [6, 6.07) is 20.1. The number of H-pyrrole nitrogens is 1. The topological polar surface area (TPSA) is 72.8 Å². The van der Waals surface area contributed by atoms with Crippen LogP contribution in [0.15, 0.2) is 77.5 Å². The number of hydrogen-bond acceptors (Lipinski definition) is 4. The zero-order valence-corrected chi connectivity index (χ0v) is 21.9. The van der Waals surface area contributed by atoms with Crippen molar-refractivity contribution in [2.24, 2.45) is 0 Å². The van der Waals surface area contributed by atoms with Crippen LogP contribution in [0.25, 0.3) is 10.9 Å². The van der Waals surface area contributed by atoms with E-state index >= 15 is 0 Å². The van der Waals surface area contributed by atoms with Crippen LogP contribution in [0.1, 0.15) is 36.7 Å². The van der Waals surface area contributed by atoms with E-state index in [1.165, 1.54) is 10.9 Å². The molecule has 194 valence electrons. The summed E-state index contributed by atoms with van der Waals surface area (Å²) in [5.41, 5.74) is 4.42. The Labute approximate surface area is 218 Å². The molecule has 37 heavy (non-hydrogen) atoms. The Morgan fingerprint density at radius 1 is 0.892 bits per heavy atom. The van der Waals surface area contributed by atoms with Crippen molar-refractivity contribution in [3.8, 4) is 0 Å². The number of amides is 2. The summed E-state index contributed by atoms with van der Waals surface area (Å²) in [5, 5.41) is 1.17. The molecule has 0 atom stereocenters. The summed E-state index contributed by atoms with van der Waals surface area (Å²) in [6.45, 7) is 3.29. The molecule has 4 aromatic rings. The zero-order valence-electron chi connectivity index (χ0n) is 21.9. The van der Waals surface area contributed by atoms with Crippen LogP contribution in [0.5, 0.6) is 0 Å². The van der Waals surface area contributed by atoms with Gasteiger partial charge in [-0.3, -0.25) is 9.59 Å². The molecule has 0 fully saturated rings. The summed E-state index contributed by atoms with van der Waals surface area (Å²) in [7, 11) is 4.01. The molecule has 0 spiro atoms. The van der Waals surface area contributed by atoms with Gasteiger partial charge in [-0.2, -0.15) is 0 Å². The lowest BCUT2D eigenvalue weighted by Crippen LogP contribution is -2.43. The molecule has 0 bridgehead atoms. The van der Waals surface area contributed by atoms with Crippen molar-refractivity contribution < 1.29 is 14.0 Å². The molecule has 0 aliphatic rings. The largest absolute Gasteiger partial charge is 0.467 e. The Balaban J connectivity index is 1.53. The lowest BCUT2D eigenvalue weighted by Gasteiger charge is -2.28. The molecule has 0 unspecified atom stereocenters. The average molecular weight is 501 g/mol. The maximum atomic E-state index is 13.7. The number of anilines is 1. The van der Waals surface area contributed by atoms with Crippen molar-refractivity contribution in [3.63, 3.8) is 0 Å². The summed E-state index contributed by atoms with van der Waals surface area (Å²) >= 11 is 0. The van der Waals surface area contributed by atoms with Crippen molar-refractivity contribution in [2.75, 3.05) is 32.1 Å². The Bertz CT molecular complexity index is 1290. The summed E-state index contributed by atoms with van der Waals surface area (Å²) in [4.78, 5) is 35.4. The van der Waals surface area contributed by atoms with Gasteiger partial charge in [0.1, 0.15) is 12.3 Å². The molecule has 2 aromatic carbocycles. The van der Waals surface area contributed by atoms with Crippen LogP contribution in [0, 0.1) is 0 Å². The number of carbonyl (C=O) groups excluding carboxylic acids is 2. The first kappa shape index (κ1) is 26.1. The first-order valence-electron chi connectivity index (χ1n) is 12.8. The smallest absolute Gasteiger partial charge is 0.242 e.